The zero-order valence-corrected chi connectivity index (χ0v) is 10.3. The van der Waals surface area contributed by atoms with E-state index in [9.17, 15) is 13.2 Å². The van der Waals surface area contributed by atoms with E-state index in [2.05, 4.69) is 5.10 Å². The first-order valence-electron chi connectivity index (χ1n) is 5.72. The topological polar surface area (TPSA) is 73.6 Å². The maximum atomic E-state index is 13.0. The lowest BCUT2D eigenvalue weighted by atomic mass is 9.97. The number of nitrogens with two attached hydrogens (primary N) is 2. The van der Waals surface area contributed by atoms with E-state index in [1.807, 2.05) is 0 Å². The van der Waals surface area contributed by atoms with Crippen molar-refractivity contribution in [1.82, 2.24) is 0 Å². The molecule has 0 heterocycles. The summed E-state index contributed by atoms with van der Waals surface area (Å²) in [5.41, 5.74) is 5.35. The van der Waals surface area contributed by atoms with Crippen LogP contribution in [0.15, 0.2) is 17.2 Å². The normalized spacial score (nSPS) is 16.5. The number of hydrogen-bond acceptors (Lipinski definition) is 3. The average molecular weight is 273 g/mol. The van der Waals surface area contributed by atoms with E-state index < -0.39 is 11.7 Å². The van der Waals surface area contributed by atoms with E-state index in [-0.39, 0.29) is 23.1 Å². The number of alkyl halides is 3. The Bertz CT molecular complexity index is 522. The Morgan fingerprint density at radius 2 is 2.00 bits per heavy atom. The highest BCUT2D eigenvalue weighted by Gasteiger charge is 2.41. The summed E-state index contributed by atoms with van der Waals surface area (Å²) in [5.74, 6) is 5.00. The molecule has 4 nitrogen and oxygen atoms in total. The third-order valence-corrected chi connectivity index (χ3v) is 3.11. The average Bonchev–Trinajstić information content (AvgIpc) is 3.18. The Labute approximate surface area is 108 Å². The van der Waals surface area contributed by atoms with E-state index in [1.165, 1.54) is 13.2 Å². The largest absolute Gasteiger partial charge is 0.496 e. The molecule has 0 aromatic heterocycles. The highest BCUT2D eigenvalue weighted by molar-refractivity contribution is 6.00. The van der Waals surface area contributed by atoms with Gasteiger partial charge in [-0.25, -0.2) is 0 Å². The highest BCUT2D eigenvalue weighted by Crippen LogP contribution is 2.50. The third kappa shape index (κ3) is 2.45. The van der Waals surface area contributed by atoms with Crippen LogP contribution in [0.3, 0.4) is 0 Å². The third-order valence-electron chi connectivity index (χ3n) is 3.11. The molecule has 2 rings (SSSR count). The summed E-state index contributed by atoms with van der Waals surface area (Å²) in [6.45, 7) is 0. The molecule has 1 aromatic rings. The van der Waals surface area contributed by atoms with Gasteiger partial charge in [-0.2, -0.15) is 18.3 Å². The van der Waals surface area contributed by atoms with Gasteiger partial charge < -0.3 is 16.3 Å². The summed E-state index contributed by atoms with van der Waals surface area (Å²) in [6.07, 6.45) is -3.00. The van der Waals surface area contributed by atoms with E-state index in [0.717, 1.165) is 6.07 Å². The standard InChI is InChI=1S/C12H14F3N3O/c1-19-10-7(11(16)18-17)4-5-8(12(13,14)15)9(10)6-2-3-6/h4-6H,2-3,17H2,1H3,(H2,16,18). The summed E-state index contributed by atoms with van der Waals surface area (Å²) in [4.78, 5) is 0. The maximum absolute atomic E-state index is 13.0. The van der Waals surface area contributed by atoms with Crippen molar-refractivity contribution in [1.29, 1.82) is 0 Å². The van der Waals surface area contributed by atoms with Crippen molar-refractivity contribution in [3.8, 4) is 5.75 Å². The first-order valence-corrected chi connectivity index (χ1v) is 5.72. The van der Waals surface area contributed by atoms with Crippen LogP contribution in [0.4, 0.5) is 13.2 Å². The van der Waals surface area contributed by atoms with Gasteiger partial charge in [-0.15, -0.1) is 0 Å². The number of benzene rings is 1. The van der Waals surface area contributed by atoms with Gasteiger partial charge >= 0.3 is 6.18 Å². The minimum Gasteiger partial charge on any atom is -0.496 e. The van der Waals surface area contributed by atoms with Crippen molar-refractivity contribution in [3.63, 3.8) is 0 Å². The predicted octanol–water partition coefficient (Wildman–Crippen LogP) is 2.17. The lowest BCUT2D eigenvalue weighted by molar-refractivity contribution is -0.138. The Kier molecular flexibility index (Phi) is 3.30. The molecule has 0 unspecified atom stereocenters. The molecule has 0 bridgehead atoms. The van der Waals surface area contributed by atoms with Crippen LogP contribution in [0.1, 0.15) is 35.4 Å². The van der Waals surface area contributed by atoms with Gasteiger partial charge in [0, 0.05) is 5.56 Å². The lowest BCUT2D eigenvalue weighted by Gasteiger charge is -2.18. The van der Waals surface area contributed by atoms with Crippen molar-refractivity contribution < 1.29 is 17.9 Å². The van der Waals surface area contributed by atoms with Gasteiger partial charge in [-0.1, -0.05) is 0 Å². The van der Waals surface area contributed by atoms with Crippen LogP contribution < -0.4 is 16.3 Å². The Morgan fingerprint density at radius 1 is 1.37 bits per heavy atom. The molecule has 0 atom stereocenters. The summed E-state index contributed by atoms with van der Waals surface area (Å²) < 4.78 is 44.2. The van der Waals surface area contributed by atoms with Crippen LogP contribution >= 0.6 is 0 Å². The van der Waals surface area contributed by atoms with Crippen LogP contribution in [-0.4, -0.2) is 12.9 Å². The fraction of sp³-hybridized carbons (Fsp3) is 0.417. The van der Waals surface area contributed by atoms with Crippen LogP contribution in [0, 0.1) is 0 Å². The van der Waals surface area contributed by atoms with E-state index >= 15 is 0 Å². The van der Waals surface area contributed by atoms with Crippen LogP contribution in [-0.2, 0) is 6.18 Å². The fourth-order valence-corrected chi connectivity index (χ4v) is 2.12. The maximum Gasteiger partial charge on any atom is 0.416 e. The minimum atomic E-state index is -4.42. The summed E-state index contributed by atoms with van der Waals surface area (Å²) in [5, 5.41) is 3.31. The van der Waals surface area contributed by atoms with E-state index in [0.29, 0.717) is 18.4 Å². The van der Waals surface area contributed by atoms with Gasteiger partial charge in [0.25, 0.3) is 0 Å². The summed E-state index contributed by atoms with van der Waals surface area (Å²) in [7, 11) is 1.31. The number of ether oxygens (including phenoxy) is 1. The SMILES string of the molecule is COc1c(/C(N)=N/N)ccc(C(F)(F)F)c1C1CC1. The smallest absolute Gasteiger partial charge is 0.416 e. The van der Waals surface area contributed by atoms with Crippen molar-refractivity contribution in [3.05, 3.63) is 28.8 Å². The monoisotopic (exact) mass is 273 g/mol. The lowest BCUT2D eigenvalue weighted by Crippen LogP contribution is -2.19. The number of amidine groups is 1. The molecule has 1 aromatic carbocycles. The predicted molar refractivity (Wildman–Crippen MR) is 64.9 cm³/mol. The zero-order valence-electron chi connectivity index (χ0n) is 10.3. The molecule has 1 saturated carbocycles. The number of hydrazone groups is 1. The van der Waals surface area contributed by atoms with Gasteiger partial charge in [-0.05, 0) is 30.9 Å². The molecule has 0 aliphatic heterocycles. The van der Waals surface area contributed by atoms with Crippen LogP contribution in [0.25, 0.3) is 0 Å². The van der Waals surface area contributed by atoms with Crippen molar-refractivity contribution >= 4 is 5.84 Å². The molecule has 0 radical (unpaired) electrons. The van der Waals surface area contributed by atoms with Gasteiger partial charge in [0.1, 0.15) is 5.75 Å². The summed E-state index contributed by atoms with van der Waals surface area (Å²) in [6, 6.07) is 2.24. The van der Waals surface area contributed by atoms with Gasteiger partial charge in [0.15, 0.2) is 5.84 Å². The zero-order chi connectivity index (χ0) is 14.2. The van der Waals surface area contributed by atoms with E-state index in [1.54, 1.807) is 0 Å². The number of halogens is 3. The molecule has 19 heavy (non-hydrogen) atoms. The minimum absolute atomic E-state index is 0.0486. The molecular weight excluding hydrogens is 259 g/mol. The molecule has 0 spiro atoms. The molecular formula is C12H14F3N3O. The number of nitrogens with zero attached hydrogens (tertiary/aromatic N) is 1. The van der Waals surface area contributed by atoms with Gasteiger partial charge in [0.05, 0.1) is 18.2 Å². The fourth-order valence-electron chi connectivity index (χ4n) is 2.12. The molecule has 7 heteroatoms. The molecule has 1 fully saturated rings. The number of rotatable bonds is 3. The highest BCUT2D eigenvalue weighted by atomic mass is 19.4. The second-order valence-corrected chi connectivity index (χ2v) is 4.39. The Balaban J connectivity index is 2.68. The quantitative estimate of drug-likeness (QED) is 0.383. The van der Waals surface area contributed by atoms with E-state index in [4.69, 9.17) is 16.3 Å². The van der Waals surface area contributed by atoms with Crippen molar-refractivity contribution in [2.24, 2.45) is 16.7 Å². The Morgan fingerprint density at radius 3 is 2.42 bits per heavy atom. The first kappa shape index (κ1) is 13.5. The molecule has 104 valence electrons. The number of hydrogen-bond donors (Lipinski definition) is 2. The molecule has 0 amide bonds. The van der Waals surface area contributed by atoms with Gasteiger partial charge in [0.2, 0.25) is 0 Å². The van der Waals surface area contributed by atoms with Crippen LogP contribution in [0.5, 0.6) is 5.75 Å². The second kappa shape index (κ2) is 4.64. The molecule has 4 N–H and O–H groups in total. The Hall–Kier alpha value is -1.92. The van der Waals surface area contributed by atoms with Crippen molar-refractivity contribution in [2.45, 2.75) is 24.9 Å². The molecule has 1 aliphatic carbocycles. The van der Waals surface area contributed by atoms with Crippen LogP contribution in [0.2, 0.25) is 0 Å². The van der Waals surface area contributed by atoms with Gasteiger partial charge in [-0.3, -0.25) is 0 Å². The van der Waals surface area contributed by atoms with Crippen molar-refractivity contribution in [2.75, 3.05) is 7.11 Å². The molecule has 0 saturated heterocycles. The second-order valence-electron chi connectivity index (χ2n) is 4.39. The number of methoxy groups -OCH3 is 1. The first-order chi connectivity index (χ1) is 8.90. The summed E-state index contributed by atoms with van der Waals surface area (Å²) >= 11 is 0. The molecule has 1 aliphatic rings.